The molecule has 0 saturated carbocycles. The highest BCUT2D eigenvalue weighted by molar-refractivity contribution is 9.10. The van der Waals surface area contributed by atoms with Crippen molar-refractivity contribution in [2.75, 3.05) is 13.1 Å². The van der Waals surface area contributed by atoms with Crippen molar-refractivity contribution in [1.29, 1.82) is 0 Å². The minimum absolute atomic E-state index is 0.590. The zero-order chi connectivity index (χ0) is 12.3. The van der Waals surface area contributed by atoms with Crippen LogP contribution in [0.3, 0.4) is 0 Å². The van der Waals surface area contributed by atoms with Crippen molar-refractivity contribution in [3.8, 4) is 0 Å². The van der Waals surface area contributed by atoms with E-state index in [1.807, 2.05) is 0 Å². The highest BCUT2D eigenvalue weighted by Crippen LogP contribution is 2.16. The van der Waals surface area contributed by atoms with E-state index in [1.165, 1.54) is 25.1 Å². The van der Waals surface area contributed by atoms with Gasteiger partial charge in [-0.15, -0.1) is 0 Å². The molecule has 1 saturated heterocycles. The van der Waals surface area contributed by atoms with Crippen LogP contribution in [0.1, 0.15) is 25.8 Å². The first-order chi connectivity index (χ1) is 8.13. The average Bonchev–Trinajstić information content (AvgIpc) is 2.68. The molecular formula is C14H21BrN2. The molecule has 0 aliphatic carbocycles. The van der Waals surface area contributed by atoms with E-state index in [9.17, 15) is 0 Å². The molecule has 0 bridgehead atoms. The molecule has 0 aromatic heterocycles. The third-order valence-corrected chi connectivity index (χ3v) is 3.69. The maximum absolute atomic E-state index is 3.62. The van der Waals surface area contributed by atoms with Crippen LogP contribution in [-0.4, -0.2) is 30.1 Å². The van der Waals surface area contributed by atoms with Crippen molar-refractivity contribution < 1.29 is 0 Å². The van der Waals surface area contributed by atoms with E-state index < -0.39 is 0 Å². The number of benzene rings is 1. The predicted octanol–water partition coefficient (Wildman–Crippen LogP) is 3.02. The van der Waals surface area contributed by atoms with Crippen molar-refractivity contribution in [2.45, 2.75) is 38.9 Å². The molecule has 1 N–H and O–H groups in total. The molecule has 3 heteroatoms. The summed E-state index contributed by atoms with van der Waals surface area (Å²) in [6.07, 6.45) is 1.27. The monoisotopic (exact) mass is 296 g/mol. The summed E-state index contributed by atoms with van der Waals surface area (Å²) >= 11 is 3.47. The average molecular weight is 297 g/mol. The van der Waals surface area contributed by atoms with Crippen LogP contribution in [-0.2, 0) is 6.54 Å². The van der Waals surface area contributed by atoms with Gasteiger partial charge in [-0.05, 0) is 24.1 Å². The Morgan fingerprint density at radius 2 is 2.06 bits per heavy atom. The molecule has 2 rings (SSSR count). The van der Waals surface area contributed by atoms with Gasteiger partial charge in [0.2, 0.25) is 0 Å². The van der Waals surface area contributed by atoms with Crippen molar-refractivity contribution in [3.05, 3.63) is 34.3 Å². The molecule has 1 aliphatic heterocycles. The summed E-state index contributed by atoms with van der Waals surface area (Å²) in [5, 5.41) is 3.62. The Hall–Kier alpha value is -0.380. The molecule has 1 atom stereocenters. The maximum Gasteiger partial charge on any atom is 0.0234 e. The largest absolute Gasteiger partial charge is 0.310 e. The molecule has 1 aromatic carbocycles. The quantitative estimate of drug-likeness (QED) is 0.919. The lowest BCUT2D eigenvalue weighted by Gasteiger charge is -2.18. The van der Waals surface area contributed by atoms with E-state index in [0.717, 1.165) is 11.0 Å². The summed E-state index contributed by atoms with van der Waals surface area (Å²) in [6, 6.07) is 9.91. The summed E-state index contributed by atoms with van der Waals surface area (Å²) in [6.45, 7) is 7.90. The van der Waals surface area contributed by atoms with Gasteiger partial charge in [0.15, 0.2) is 0 Å². The lowest BCUT2D eigenvalue weighted by Crippen LogP contribution is -2.36. The summed E-state index contributed by atoms with van der Waals surface area (Å²) in [5.74, 6) is 0. The van der Waals surface area contributed by atoms with Gasteiger partial charge in [0.1, 0.15) is 0 Å². The molecule has 17 heavy (non-hydrogen) atoms. The fourth-order valence-electron chi connectivity index (χ4n) is 2.43. The Labute approximate surface area is 113 Å². The summed E-state index contributed by atoms with van der Waals surface area (Å²) in [5.41, 5.74) is 1.40. The van der Waals surface area contributed by atoms with E-state index in [1.54, 1.807) is 0 Å². The SMILES string of the molecule is CC(C)NC1CCN(Cc2ccc(Br)cc2)C1. The number of nitrogens with zero attached hydrogens (tertiary/aromatic N) is 1. The highest BCUT2D eigenvalue weighted by atomic mass is 79.9. The zero-order valence-corrected chi connectivity index (χ0v) is 12.2. The van der Waals surface area contributed by atoms with Crippen LogP contribution in [0.5, 0.6) is 0 Å². The van der Waals surface area contributed by atoms with E-state index >= 15 is 0 Å². The second-order valence-corrected chi connectivity index (χ2v) is 6.08. The number of rotatable bonds is 4. The number of likely N-dealkylation sites (tertiary alicyclic amines) is 1. The molecule has 1 fully saturated rings. The molecule has 1 heterocycles. The number of halogens is 1. The molecule has 0 radical (unpaired) electrons. The van der Waals surface area contributed by atoms with E-state index in [2.05, 4.69) is 64.3 Å². The normalized spacial score (nSPS) is 21.3. The zero-order valence-electron chi connectivity index (χ0n) is 10.6. The third kappa shape index (κ3) is 4.09. The smallest absolute Gasteiger partial charge is 0.0234 e. The van der Waals surface area contributed by atoms with Crippen LogP contribution in [0.4, 0.5) is 0 Å². The van der Waals surface area contributed by atoms with Crippen LogP contribution in [0.15, 0.2) is 28.7 Å². The Balaban J connectivity index is 1.83. The fraction of sp³-hybridized carbons (Fsp3) is 0.571. The number of nitrogens with one attached hydrogen (secondary N) is 1. The molecule has 0 amide bonds. The standard InChI is InChI=1S/C14H21BrN2/c1-11(2)16-14-7-8-17(10-14)9-12-3-5-13(15)6-4-12/h3-6,11,14,16H,7-10H2,1-2H3. The molecular weight excluding hydrogens is 276 g/mol. The Morgan fingerprint density at radius 3 is 2.71 bits per heavy atom. The van der Waals surface area contributed by atoms with E-state index in [4.69, 9.17) is 0 Å². The highest BCUT2D eigenvalue weighted by Gasteiger charge is 2.22. The third-order valence-electron chi connectivity index (χ3n) is 3.16. The van der Waals surface area contributed by atoms with Crippen LogP contribution in [0.2, 0.25) is 0 Å². The van der Waals surface area contributed by atoms with Gasteiger partial charge in [0.05, 0.1) is 0 Å². The van der Waals surface area contributed by atoms with Gasteiger partial charge in [0.25, 0.3) is 0 Å². The van der Waals surface area contributed by atoms with Gasteiger partial charge >= 0.3 is 0 Å². The second-order valence-electron chi connectivity index (χ2n) is 5.17. The van der Waals surface area contributed by atoms with Crippen LogP contribution in [0.25, 0.3) is 0 Å². The summed E-state index contributed by atoms with van der Waals surface area (Å²) in [4.78, 5) is 2.53. The van der Waals surface area contributed by atoms with E-state index in [0.29, 0.717) is 12.1 Å². The van der Waals surface area contributed by atoms with Gasteiger partial charge in [-0.3, -0.25) is 4.90 Å². The molecule has 1 aliphatic rings. The van der Waals surface area contributed by atoms with Crippen molar-refractivity contribution in [2.24, 2.45) is 0 Å². The first kappa shape index (κ1) is 13.1. The van der Waals surface area contributed by atoms with Gasteiger partial charge in [-0.1, -0.05) is 41.9 Å². The molecule has 0 spiro atoms. The number of hydrogen-bond donors (Lipinski definition) is 1. The van der Waals surface area contributed by atoms with Crippen LogP contribution >= 0.6 is 15.9 Å². The van der Waals surface area contributed by atoms with Crippen molar-refractivity contribution in [1.82, 2.24) is 10.2 Å². The molecule has 94 valence electrons. The second kappa shape index (κ2) is 5.98. The summed E-state index contributed by atoms with van der Waals surface area (Å²) < 4.78 is 1.15. The Morgan fingerprint density at radius 1 is 1.35 bits per heavy atom. The number of hydrogen-bond acceptors (Lipinski definition) is 2. The minimum Gasteiger partial charge on any atom is -0.310 e. The maximum atomic E-state index is 3.62. The van der Waals surface area contributed by atoms with E-state index in [-0.39, 0.29) is 0 Å². The topological polar surface area (TPSA) is 15.3 Å². The van der Waals surface area contributed by atoms with Crippen molar-refractivity contribution >= 4 is 15.9 Å². The van der Waals surface area contributed by atoms with Crippen LogP contribution in [0, 0.1) is 0 Å². The van der Waals surface area contributed by atoms with Crippen LogP contribution < -0.4 is 5.32 Å². The lowest BCUT2D eigenvalue weighted by atomic mass is 10.2. The molecule has 1 unspecified atom stereocenters. The lowest BCUT2D eigenvalue weighted by molar-refractivity contribution is 0.317. The van der Waals surface area contributed by atoms with Gasteiger partial charge in [-0.25, -0.2) is 0 Å². The van der Waals surface area contributed by atoms with Gasteiger partial charge in [-0.2, -0.15) is 0 Å². The predicted molar refractivity (Wildman–Crippen MR) is 76.1 cm³/mol. The minimum atomic E-state index is 0.590. The molecule has 1 aromatic rings. The fourth-order valence-corrected chi connectivity index (χ4v) is 2.70. The van der Waals surface area contributed by atoms with Crippen molar-refractivity contribution in [3.63, 3.8) is 0 Å². The first-order valence-corrected chi connectivity index (χ1v) is 7.15. The van der Waals surface area contributed by atoms with Gasteiger partial charge in [0, 0.05) is 36.2 Å². The molecule has 2 nitrogen and oxygen atoms in total. The summed E-state index contributed by atoms with van der Waals surface area (Å²) in [7, 11) is 0. The van der Waals surface area contributed by atoms with Gasteiger partial charge < -0.3 is 5.32 Å². The Kier molecular flexibility index (Phi) is 4.60. The Bertz CT molecular complexity index is 348. The first-order valence-electron chi connectivity index (χ1n) is 6.36.